The second-order valence-electron chi connectivity index (χ2n) is 6.96. The number of hydrogen-bond acceptors (Lipinski definition) is 6. The highest BCUT2D eigenvalue weighted by Crippen LogP contribution is 2.08. The third kappa shape index (κ3) is 9.62. The number of aliphatic carboxylic acids is 1. The summed E-state index contributed by atoms with van der Waals surface area (Å²) < 4.78 is 0. The lowest BCUT2D eigenvalue weighted by atomic mass is 9.98. The maximum absolute atomic E-state index is 12.4. The van der Waals surface area contributed by atoms with Gasteiger partial charge < -0.3 is 26.8 Å². The Labute approximate surface area is 165 Å². The predicted octanol–water partition coefficient (Wildman–Crippen LogP) is -0.494. The summed E-state index contributed by atoms with van der Waals surface area (Å²) in [5.41, 5.74) is 5.90. The quantitative estimate of drug-likeness (QED) is 0.242. The second-order valence-corrected chi connectivity index (χ2v) is 7.33. The van der Waals surface area contributed by atoms with E-state index in [9.17, 15) is 19.2 Å². The molecule has 0 aromatic carbocycles. The van der Waals surface area contributed by atoms with Gasteiger partial charge in [-0.25, -0.2) is 4.79 Å². The highest BCUT2D eigenvalue weighted by Gasteiger charge is 2.27. The summed E-state index contributed by atoms with van der Waals surface area (Å²) in [7, 11) is 0. The number of amides is 3. The van der Waals surface area contributed by atoms with Gasteiger partial charge in [-0.05, 0) is 18.3 Å². The summed E-state index contributed by atoms with van der Waals surface area (Å²) in [6.45, 7) is 7.17. The van der Waals surface area contributed by atoms with Gasteiger partial charge in [0.2, 0.25) is 17.7 Å². The fourth-order valence-corrected chi connectivity index (χ4v) is 2.45. The molecule has 9 nitrogen and oxygen atoms in total. The molecule has 4 unspecified atom stereocenters. The van der Waals surface area contributed by atoms with E-state index in [1.54, 1.807) is 0 Å². The zero-order valence-electron chi connectivity index (χ0n) is 16.3. The summed E-state index contributed by atoms with van der Waals surface area (Å²) in [6.07, 6.45) is 1.10. The standard InChI is InChI=1S/C17H32N4O5S/c1-5-10(4)14(18)16(24)21-11(6-9(2)3)15(23)19-7-13(22)20-12(8-27)17(25)26/h9-12,14,27H,5-8,18H2,1-4H3,(H,19,23)(H,20,22)(H,21,24)(H,25,26). The number of nitrogens with one attached hydrogen (secondary N) is 3. The van der Waals surface area contributed by atoms with Crippen molar-refractivity contribution in [2.45, 2.75) is 58.7 Å². The van der Waals surface area contributed by atoms with E-state index in [-0.39, 0.29) is 17.6 Å². The van der Waals surface area contributed by atoms with Gasteiger partial charge in [-0.2, -0.15) is 12.6 Å². The van der Waals surface area contributed by atoms with E-state index in [1.165, 1.54) is 0 Å². The van der Waals surface area contributed by atoms with Crippen LogP contribution in [0.5, 0.6) is 0 Å². The minimum Gasteiger partial charge on any atom is -0.480 e. The van der Waals surface area contributed by atoms with Crippen LogP contribution in [0.4, 0.5) is 0 Å². The number of hydrogen-bond donors (Lipinski definition) is 6. The van der Waals surface area contributed by atoms with Crippen molar-refractivity contribution in [1.29, 1.82) is 0 Å². The summed E-state index contributed by atoms with van der Waals surface area (Å²) in [5, 5.41) is 16.2. The molecule has 156 valence electrons. The van der Waals surface area contributed by atoms with Crippen molar-refractivity contribution in [1.82, 2.24) is 16.0 Å². The molecule has 6 N–H and O–H groups in total. The summed E-state index contributed by atoms with van der Waals surface area (Å²) in [4.78, 5) is 47.3. The Bertz CT molecular complexity index is 529. The van der Waals surface area contributed by atoms with E-state index < -0.39 is 48.4 Å². The number of rotatable bonds is 12. The minimum absolute atomic E-state index is 0.0345. The Morgan fingerprint density at radius 3 is 2.07 bits per heavy atom. The lowest BCUT2D eigenvalue weighted by Gasteiger charge is -2.24. The Morgan fingerprint density at radius 2 is 1.63 bits per heavy atom. The van der Waals surface area contributed by atoms with E-state index in [4.69, 9.17) is 10.8 Å². The minimum atomic E-state index is -1.21. The van der Waals surface area contributed by atoms with Gasteiger partial charge in [0, 0.05) is 5.75 Å². The summed E-state index contributed by atoms with van der Waals surface area (Å²) in [6, 6.07) is -2.70. The molecule has 0 rings (SSSR count). The van der Waals surface area contributed by atoms with Crippen molar-refractivity contribution in [3.05, 3.63) is 0 Å². The molecule has 0 fully saturated rings. The Hall–Kier alpha value is -1.81. The molecule has 27 heavy (non-hydrogen) atoms. The maximum Gasteiger partial charge on any atom is 0.327 e. The molecule has 0 spiro atoms. The van der Waals surface area contributed by atoms with Crippen molar-refractivity contribution < 1.29 is 24.3 Å². The Balaban J connectivity index is 4.81. The molecule has 3 amide bonds. The molecule has 0 bridgehead atoms. The number of carbonyl (C=O) groups excluding carboxylic acids is 3. The highest BCUT2D eigenvalue weighted by atomic mass is 32.1. The fraction of sp³-hybridized carbons (Fsp3) is 0.765. The van der Waals surface area contributed by atoms with Gasteiger partial charge >= 0.3 is 5.97 Å². The van der Waals surface area contributed by atoms with Crippen LogP contribution in [0.3, 0.4) is 0 Å². The van der Waals surface area contributed by atoms with E-state index in [0.29, 0.717) is 6.42 Å². The van der Waals surface area contributed by atoms with Crippen molar-refractivity contribution >= 4 is 36.3 Å². The molecular formula is C17H32N4O5S. The van der Waals surface area contributed by atoms with Crippen LogP contribution in [0.15, 0.2) is 0 Å². The van der Waals surface area contributed by atoms with Crippen LogP contribution in [0.1, 0.15) is 40.5 Å². The molecule has 10 heteroatoms. The van der Waals surface area contributed by atoms with Gasteiger partial charge in [-0.3, -0.25) is 14.4 Å². The van der Waals surface area contributed by atoms with Gasteiger partial charge in [0.1, 0.15) is 12.1 Å². The third-order valence-electron chi connectivity index (χ3n) is 4.14. The molecule has 0 aliphatic rings. The predicted molar refractivity (Wildman–Crippen MR) is 105 cm³/mol. The zero-order valence-corrected chi connectivity index (χ0v) is 17.2. The molecule has 4 atom stereocenters. The van der Waals surface area contributed by atoms with Crippen molar-refractivity contribution in [2.75, 3.05) is 12.3 Å². The molecular weight excluding hydrogens is 372 g/mol. The van der Waals surface area contributed by atoms with Gasteiger partial charge in [0.15, 0.2) is 0 Å². The van der Waals surface area contributed by atoms with Crippen molar-refractivity contribution in [3.8, 4) is 0 Å². The molecule has 0 aliphatic heterocycles. The monoisotopic (exact) mass is 404 g/mol. The van der Waals surface area contributed by atoms with Crippen LogP contribution in [-0.2, 0) is 19.2 Å². The van der Waals surface area contributed by atoms with Gasteiger partial charge in [-0.15, -0.1) is 0 Å². The molecule has 0 aromatic heterocycles. The number of nitrogens with two attached hydrogens (primary N) is 1. The number of thiol groups is 1. The number of carbonyl (C=O) groups is 4. The lowest BCUT2D eigenvalue weighted by molar-refractivity contribution is -0.141. The van der Waals surface area contributed by atoms with E-state index in [0.717, 1.165) is 6.42 Å². The highest BCUT2D eigenvalue weighted by molar-refractivity contribution is 7.80. The zero-order chi connectivity index (χ0) is 21.1. The molecule has 0 saturated carbocycles. The van der Waals surface area contributed by atoms with Gasteiger partial charge in [0.05, 0.1) is 12.6 Å². The molecule has 0 saturated heterocycles. The summed E-state index contributed by atoms with van der Waals surface area (Å²) >= 11 is 3.85. The molecule has 0 radical (unpaired) electrons. The van der Waals surface area contributed by atoms with Crippen molar-refractivity contribution in [2.24, 2.45) is 17.6 Å². The maximum atomic E-state index is 12.4. The van der Waals surface area contributed by atoms with Crippen LogP contribution < -0.4 is 21.7 Å². The second kappa shape index (κ2) is 12.6. The Kier molecular flexibility index (Phi) is 11.7. The largest absolute Gasteiger partial charge is 0.480 e. The van der Waals surface area contributed by atoms with E-state index in [2.05, 4.69) is 28.6 Å². The van der Waals surface area contributed by atoms with Crippen LogP contribution >= 0.6 is 12.6 Å². The first-order valence-electron chi connectivity index (χ1n) is 9.00. The topological polar surface area (TPSA) is 151 Å². The fourth-order valence-electron chi connectivity index (χ4n) is 2.20. The van der Waals surface area contributed by atoms with E-state index >= 15 is 0 Å². The van der Waals surface area contributed by atoms with Crippen molar-refractivity contribution in [3.63, 3.8) is 0 Å². The van der Waals surface area contributed by atoms with Crippen LogP contribution in [0.2, 0.25) is 0 Å². The first kappa shape index (κ1) is 25.2. The molecule has 0 heterocycles. The number of carboxylic acids is 1. The van der Waals surface area contributed by atoms with Gasteiger partial charge in [0.25, 0.3) is 0 Å². The Morgan fingerprint density at radius 1 is 1.04 bits per heavy atom. The number of carboxylic acid groups (broad SMARTS) is 1. The average molecular weight is 405 g/mol. The average Bonchev–Trinajstić information content (AvgIpc) is 2.61. The normalized spacial score (nSPS) is 15.4. The van der Waals surface area contributed by atoms with Crippen LogP contribution in [0, 0.1) is 11.8 Å². The van der Waals surface area contributed by atoms with Crippen LogP contribution in [-0.4, -0.2) is 59.2 Å². The lowest BCUT2D eigenvalue weighted by Crippen LogP contribution is -2.55. The van der Waals surface area contributed by atoms with E-state index in [1.807, 2.05) is 27.7 Å². The first-order chi connectivity index (χ1) is 12.5. The smallest absolute Gasteiger partial charge is 0.327 e. The van der Waals surface area contributed by atoms with Crippen LogP contribution in [0.25, 0.3) is 0 Å². The first-order valence-corrected chi connectivity index (χ1v) is 9.63. The molecule has 0 aromatic rings. The SMILES string of the molecule is CCC(C)C(N)C(=O)NC(CC(C)C)C(=O)NCC(=O)NC(CS)C(=O)O. The van der Waals surface area contributed by atoms with Gasteiger partial charge in [-0.1, -0.05) is 34.1 Å². The summed E-state index contributed by atoms with van der Waals surface area (Å²) in [5.74, 6) is -2.81. The molecule has 0 aliphatic carbocycles. The third-order valence-corrected chi connectivity index (χ3v) is 4.50.